The van der Waals surface area contributed by atoms with E-state index in [9.17, 15) is 4.79 Å². The van der Waals surface area contributed by atoms with Crippen molar-refractivity contribution in [2.45, 2.75) is 19.4 Å². The molecule has 0 bridgehead atoms. The Labute approximate surface area is 112 Å². The van der Waals surface area contributed by atoms with Gasteiger partial charge in [-0.3, -0.25) is 4.79 Å². The zero-order chi connectivity index (χ0) is 13.4. The molecule has 0 aliphatic heterocycles. The van der Waals surface area contributed by atoms with Gasteiger partial charge < -0.3 is 14.8 Å². The lowest BCUT2D eigenvalue weighted by Crippen LogP contribution is -2.33. The number of carbonyl (C=O) groups is 1. The van der Waals surface area contributed by atoms with Crippen molar-refractivity contribution >= 4 is 17.5 Å². The molecule has 100 valence electrons. The van der Waals surface area contributed by atoms with E-state index in [0.29, 0.717) is 18.8 Å². The van der Waals surface area contributed by atoms with Gasteiger partial charge in [0.25, 0.3) is 0 Å². The first kappa shape index (κ1) is 14.6. The molecule has 1 aromatic rings. The fourth-order valence-corrected chi connectivity index (χ4v) is 1.53. The molecule has 1 amide bonds. The molecule has 5 heteroatoms. The van der Waals surface area contributed by atoms with Crippen LogP contribution in [0.2, 0.25) is 0 Å². The Balaban J connectivity index is 2.34. The van der Waals surface area contributed by atoms with Gasteiger partial charge in [0.05, 0.1) is 13.7 Å². The molecular formula is C13H18ClNO3. The quantitative estimate of drug-likeness (QED) is 0.774. The smallest absolute Gasteiger partial charge is 0.221 e. The van der Waals surface area contributed by atoms with Crippen molar-refractivity contribution in [2.24, 2.45) is 0 Å². The van der Waals surface area contributed by atoms with E-state index in [-0.39, 0.29) is 12.0 Å². The largest absolute Gasteiger partial charge is 0.497 e. The van der Waals surface area contributed by atoms with Gasteiger partial charge in [-0.2, -0.15) is 0 Å². The molecular weight excluding hydrogens is 254 g/mol. The van der Waals surface area contributed by atoms with Crippen molar-refractivity contribution in [3.63, 3.8) is 0 Å². The summed E-state index contributed by atoms with van der Waals surface area (Å²) in [6, 6.07) is 7.31. The van der Waals surface area contributed by atoms with Crippen molar-refractivity contribution in [1.29, 1.82) is 0 Å². The molecule has 0 saturated carbocycles. The van der Waals surface area contributed by atoms with Gasteiger partial charge >= 0.3 is 0 Å². The third-order valence-corrected chi connectivity index (χ3v) is 2.49. The second-order valence-electron chi connectivity index (χ2n) is 3.85. The second-order valence-corrected chi connectivity index (χ2v) is 4.23. The Bertz CT molecular complexity index is 367. The van der Waals surface area contributed by atoms with Gasteiger partial charge in [-0.05, 0) is 31.2 Å². The fourth-order valence-electron chi connectivity index (χ4n) is 1.36. The van der Waals surface area contributed by atoms with Gasteiger partial charge in [-0.1, -0.05) is 0 Å². The second kappa shape index (κ2) is 7.82. The third-order valence-electron chi connectivity index (χ3n) is 2.30. The lowest BCUT2D eigenvalue weighted by atomic mass is 10.3. The molecule has 18 heavy (non-hydrogen) atoms. The number of alkyl halides is 1. The Morgan fingerprint density at radius 2 is 1.94 bits per heavy atom. The summed E-state index contributed by atoms with van der Waals surface area (Å²) in [4.78, 5) is 11.2. The summed E-state index contributed by atoms with van der Waals surface area (Å²) in [6.45, 7) is 2.35. The van der Waals surface area contributed by atoms with Crippen LogP contribution in [0.15, 0.2) is 24.3 Å². The molecule has 1 rings (SSSR count). The maximum absolute atomic E-state index is 11.2. The van der Waals surface area contributed by atoms with Crippen LogP contribution in [0.25, 0.3) is 0 Å². The molecule has 0 aromatic heterocycles. The average molecular weight is 272 g/mol. The molecule has 1 aromatic carbocycles. The monoisotopic (exact) mass is 271 g/mol. The minimum absolute atomic E-state index is 0.0600. The highest BCUT2D eigenvalue weighted by molar-refractivity contribution is 6.18. The standard InChI is InChI=1S/C13H18ClNO3/c1-10(9-15-13(16)7-8-14)18-12-5-3-11(17-2)4-6-12/h3-6,10H,7-9H2,1-2H3,(H,15,16). The van der Waals surface area contributed by atoms with E-state index in [1.165, 1.54) is 0 Å². The SMILES string of the molecule is COc1ccc(OC(C)CNC(=O)CCCl)cc1. The predicted octanol–water partition coefficient (Wildman–Crippen LogP) is 2.21. The van der Waals surface area contributed by atoms with Crippen LogP contribution in [0.1, 0.15) is 13.3 Å². The van der Waals surface area contributed by atoms with Crippen LogP contribution >= 0.6 is 11.6 Å². The van der Waals surface area contributed by atoms with Crippen molar-refractivity contribution in [2.75, 3.05) is 19.5 Å². The normalized spacial score (nSPS) is 11.7. The highest BCUT2D eigenvalue weighted by atomic mass is 35.5. The molecule has 1 unspecified atom stereocenters. The van der Waals surface area contributed by atoms with Crippen LogP contribution in [0.4, 0.5) is 0 Å². The zero-order valence-corrected chi connectivity index (χ0v) is 11.4. The van der Waals surface area contributed by atoms with Gasteiger partial charge in [0.2, 0.25) is 5.91 Å². The van der Waals surface area contributed by atoms with Gasteiger partial charge in [0.1, 0.15) is 17.6 Å². The number of nitrogens with one attached hydrogen (secondary N) is 1. The first-order valence-electron chi connectivity index (χ1n) is 5.79. The first-order valence-corrected chi connectivity index (χ1v) is 6.32. The maximum atomic E-state index is 11.2. The van der Waals surface area contributed by atoms with Gasteiger partial charge in [-0.25, -0.2) is 0 Å². The molecule has 0 aliphatic rings. The minimum Gasteiger partial charge on any atom is -0.497 e. The van der Waals surface area contributed by atoms with E-state index >= 15 is 0 Å². The Morgan fingerprint density at radius 3 is 2.50 bits per heavy atom. The van der Waals surface area contributed by atoms with Crippen LogP contribution in [0.3, 0.4) is 0 Å². The molecule has 4 nitrogen and oxygen atoms in total. The van der Waals surface area contributed by atoms with Crippen LogP contribution in [0.5, 0.6) is 11.5 Å². The zero-order valence-electron chi connectivity index (χ0n) is 10.6. The van der Waals surface area contributed by atoms with E-state index in [4.69, 9.17) is 21.1 Å². The number of hydrogen-bond donors (Lipinski definition) is 1. The Kier molecular flexibility index (Phi) is 6.36. The van der Waals surface area contributed by atoms with E-state index in [1.807, 2.05) is 31.2 Å². The van der Waals surface area contributed by atoms with E-state index < -0.39 is 0 Å². The molecule has 0 aliphatic carbocycles. The number of ether oxygens (including phenoxy) is 2. The molecule has 0 fully saturated rings. The Morgan fingerprint density at radius 1 is 1.33 bits per heavy atom. The molecule has 0 spiro atoms. The van der Waals surface area contributed by atoms with E-state index in [0.717, 1.165) is 11.5 Å². The van der Waals surface area contributed by atoms with Gasteiger partial charge in [0, 0.05) is 12.3 Å². The third kappa shape index (κ3) is 5.27. The number of rotatable bonds is 7. The average Bonchev–Trinajstić information content (AvgIpc) is 2.38. The number of carbonyl (C=O) groups excluding carboxylic acids is 1. The van der Waals surface area contributed by atoms with Crippen molar-refractivity contribution in [3.05, 3.63) is 24.3 Å². The Hall–Kier alpha value is -1.42. The lowest BCUT2D eigenvalue weighted by Gasteiger charge is -2.15. The summed E-state index contributed by atoms with van der Waals surface area (Å²) >= 11 is 5.47. The van der Waals surface area contributed by atoms with Gasteiger partial charge in [0.15, 0.2) is 0 Å². The summed E-state index contributed by atoms with van der Waals surface area (Å²) in [5.41, 5.74) is 0. The van der Waals surface area contributed by atoms with Crippen LogP contribution in [-0.4, -0.2) is 31.5 Å². The summed E-state index contributed by atoms with van der Waals surface area (Å²) in [5, 5.41) is 2.75. The fraction of sp³-hybridized carbons (Fsp3) is 0.462. The lowest BCUT2D eigenvalue weighted by molar-refractivity contribution is -0.121. The summed E-state index contributed by atoms with van der Waals surface area (Å²) in [7, 11) is 1.62. The molecule has 0 saturated heterocycles. The molecule has 1 N–H and O–H groups in total. The topological polar surface area (TPSA) is 47.6 Å². The number of methoxy groups -OCH3 is 1. The first-order chi connectivity index (χ1) is 8.65. The number of amides is 1. The van der Waals surface area contributed by atoms with Crippen LogP contribution < -0.4 is 14.8 Å². The summed E-state index contributed by atoms with van der Waals surface area (Å²) in [6.07, 6.45) is 0.231. The number of hydrogen-bond acceptors (Lipinski definition) is 3. The number of benzene rings is 1. The molecule has 1 atom stereocenters. The van der Waals surface area contributed by atoms with E-state index in [2.05, 4.69) is 5.32 Å². The van der Waals surface area contributed by atoms with Crippen LogP contribution in [-0.2, 0) is 4.79 Å². The van der Waals surface area contributed by atoms with Gasteiger partial charge in [-0.15, -0.1) is 11.6 Å². The summed E-state index contributed by atoms with van der Waals surface area (Å²) in [5.74, 6) is 1.80. The molecule has 0 radical (unpaired) electrons. The predicted molar refractivity (Wildman–Crippen MR) is 71.4 cm³/mol. The van der Waals surface area contributed by atoms with Crippen molar-refractivity contribution in [3.8, 4) is 11.5 Å². The van der Waals surface area contributed by atoms with Crippen molar-refractivity contribution in [1.82, 2.24) is 5.32 Å². The van der Waals surface area contributed by atoms with Crippen LogP contribution in [0, 0.1) is 0 Å². The van der Waals surface area contributed by atoms with E-state index in [1.54, 1.807) is 7.11 Å². The summed E-state index contributed by atoms with van der Waals surface area (Å²) < 4.78 is 10.7. The van der Waals surface area contributed by atoms with Crippen molar-refractivity contribution < 1.29 is 14.3 Å². The highest BCUT2D eigenvalue weighted by Crippen LogP contribution is 2.17. The highest BCUT2D eigenvalue weighted by Gasteiger charge is 2.06. The minimum atomic E-state index is -0.0994. The maximum Gasteiger partial charge on any atom is 0.221 e. The molecule has 0 heterocycles. The number of halogens is 1.